The Morgan fingerprint density at radius 3 is 1.40 bits per heavy atom. The van der Waals surface area contributed by atoms with E-state index in [4.69, 9.17) is 9.05 Å². The zero-order chi connectivity index (χ0) is 29.0. The van der Waals surface area contributed by atoms with E-state index < -0.39 is 14.5 Å². The van der Waals surface area contributed by atoms with Gasteiger partial charge in [0.15, 0.2) is 0 Å². The van der Waals surface area contributed by atoms with Gasteiger partial charge in [-0.3, -0.25) is 4.57 Å². The minimum atomic E-state index is -3.87. The average Bonchev–Trinajstić information content (AvgIpc) is 3.05. The summed E-state index contributed by atoms with van der Waals surface area (Å²) in [5.74, 6) is 0. The normalized spacial score (nSPS) is 14.5. The summed E-state index contributed by atoms with van der Waals surface area (Å²) in [7, 11) is -3.87. The molecule has 0 aromatic heterocycles. The third kappa shape index (κ3) is 4.77. The van der Waals surface area contributed by atoms with Crippen LogP contribution in [0.25, 0.3) is 11.1 Å². The summed E-state index contributed by atoms with van der Waals surface area (Å²) >= 11 is 0. The molecule has 5 aromatic rings. The van der Waals surface area contributed by atoms with Crippen molar-refractivity contribution in [3.05, 3.63) is 162 Å². The molecule has 0 saturated heterocycles. The first-order valence-corrected chi connectivity index (χ1v) is 17.7. The zero-order valence-corrected chi connectivity index (χ0v) is 25.7. The SMILES string of the molecule is CCOP(=O)(OCC)C1=P(c2ccccc2)(c2ccccc2)c2ccccc2C(c2ccccc2)=C1c1ccccc1. The Balaban J connectivity index is 1.99. The summed E-state index contributed by atoms with van der Waals surface area (Å²) in [4.78, 5) is 0. The maximum absolute atomic E-state index is 15.6. The van der Waals surface area contributed by atoms with Crippen LogP contribution in [-0.4, -0.2) is 18.2 Å². The fourth-order valence-corrected chi connectivity index (χ4v) is 14.7. The van der Waals surface area contributed by atoms with E-state index in [9.17, 15) is 0 Å². The standard InChI is InChI=1S/C37H34O3P2/c1-3-39-42(38,40-4-2)37-36(30-21-11-6-12-22-30)35(29-19-9-5-10-20-29)33-27-17-18-28-34(33)41(37,31-23-13-7-14-24-31)32-25-15-8-16-26-32/h5-28H,3-4H2,1-2H3. The Hall–Kier alpha value is -3.71. The fraction of sp³-hybridized carbons (Fsp3) is 0.108. The average molecular weight is 589 g/mol. The van der Waals surface area contributed by atoms with Gasteiger partial charge in [0.25, 0.3) is 0 Å². The molecule has 5 aromatic carbocycles. The van der Waals surface area contributed by atoms with Gasteiger partial charge in [-0.1, -0.05) is 146 Å². The molecule has 0 amide bonds. The van der Waals surface area contributed by atoms with E-state index >= 15 is 4.57 Å². The van der Waals surface area contributed by atoms with E-state index in [2.05, 4.69) is 109 Å². The van der Waals surface area contributed by atoms with Gasteiger partial charge in [-0.15, -0.1) is 0 Å². The molecule has 210 valence electrons. The van der Waals surface area contributed by atoms with Crippen LogP contribution in [-0.2, 0) is 13.6 Å². The lowest BCUT2D eigenvalue weighted by molar-refractivity contribution is 0.233. The number of hydrogen-bond acceptors (Lipinski definition) is 3. The Bertz CT molecular complexity index is 1760. The number of rotatable bonds is 9. The summed E-state index contributed by atoms with van der Waals surface area (Å²) in [6, 6.07) is 50.4. The van der Waals surface area contributed by atoms with E-state index in [0.717, 1.165) is 48.8 Å². The Kier molecular flexibility index (Phi) is 8.29. The summed E-state index contributed by atoms with van der Waals surface area (Å²) in [5, 5.41) is 4.12. The monoisotopic (exact) mass is 588 g/mol. The van der Waals surface area contributed by atoms with Crippen molar-refractivity contribution in [1.82, 2.24) is 0 Å². The molecule has 0 aliphatic carbocycles. The second kappa shape index (κ2) is 12.3. The second-order valence-corrected chi connectivity index (χ2v) is 15.6. The summed E-state index contributed by atoms with van der Waals surface area (Å²) < 4.78 is 28.3. The molecule has 5 heteroatoms. The molecule has 0 saturated carbocycles. The van der Waals surface area contributed by atoms with Gasteiger partial charge in [0.1, 0.15) is 0 Å². The van der Waals surface area contributed by atoms with Gasteiger partial charge in [-0.2, -0.15) is 0 Å². The van der Waals surface area contributed by atoms with Crippen molar-refractivity contribution in [3.63, 3.8) is 0 Å². The number of benzene rings is 5. The first kappa shape index (κ1) is 28.4. The van der Waals surface area contributed by atoms with Gasteiger partial charge >= 0.3 is 7.60 Å². The van der Waals surface area contributed by atoms with Crippen LogP contribution in [0.3, 0.4) is 0 Å². The smallest absolute Gasteiger partial charge is 0.305 e. The highest BCUT2D eigenvalue weighted by molar-refractivity contribution is 8.07. The topological polar surface area (TPSA) is 35.5 Å². The van der Waals surface area contributed by atoms with E-state index in [0.29, 0.717) is 0 Å². The summed E-state index contributed by atoms with van der Waals surface area (Å²) in [6.07, 6.45) is 0. The van der Waals surface area contributed by atoms with Crippen LogP contribution in [0.15, 0.2) is 146 Å². The van der Waals surface area contributed by atoms with Crippen molar-refractivity contribution >= 4 is 46.6 Å². The van der Waals surface area contributed by atoms with Gasteiger partial charge < -0.3 is 9.05 Å². The van der Waals surface area contributed by atoms with Crippen molar-refractivity contribution in [1.29, 1.82) is 0 Å². The van der Waals surface area contributed by atoms with Gasteiger partial charge in [0, 0.05) is 5.57 Å². The lowest BCUT2D eigenvalue weighted by atomic mass is 9.90. The van der Waals surface area contributed by atoms with Crippen molar-refractivity contribution in [3.8, 4) is 0 Å². The highest BCUT2D eigenvalue weighted by atomic mass is 31.2. The van der Waals surface area contributed by atoms with Gasteiger partial charge in [-0.05, 0) is 58.9 Å². The number of hydrogen-bond donors (Lipinski definition) is 0. The van der Waals surface area contributed by atoms with E-state index in [1.54, 1.807) is 0 Å². The maximum atomic E-state index is 15.6. The Morgan fingerprint density at radius 2 is 0.929 bits per heavy atom. The van der Waals surface area contributed by atoms with Crippen LogP contribution in [0.1, 0.15) is 30.5 Å². The quantitative estimate of drug-likeness (QED) is 0.162. The lowest BCUT2D eigenvalue weighted by Crippen LogP contribution is -2.36. The molecule has 0 atom stereocenters. The van der Waals surface area contributed by atoms with Gasteiger partial charge in [0.05, 0.1) is 18.2 Å². The van der Waals surface area contributed by atoms with Crippen LogP contribution in [0.2, 0.25) is 0 Å². The minimum Gasteiger partial charge on any atom is -0.305 e. The number of fused-ring (bicyclic) bond motifs is 1. The van der Waals surface area contributed by atoms with Crippen molar-refractivity contribution in [2.45, 2.75) is 13.8 Å². The molecule has 42 heavy (non-hydrogen) atoms. The minimum absolute atomic E-state index is 0.259. The molecular formula is C37H34O3P2. The highest BCUT2D eigenvalue weighted by Gasteiger charge is 2.47. The van der Waals surface area contributed by atoms with E-state index in [1.807, 2.05) is 50.2 Å². The molecule has 0 fully saturated rings. The molecule has 1 aliphatic rings. The van der Waals surface area contributed by atoms with Crippen molar-refractivity contribution in [2.75, 3.05) is 13.2 Å². The molecule has 1 heterocycles. The van der Waals surface area contributed by atoms with Crippen LogP contribution in [0.5, 0.6) is 0 Å². The molecule has 0 N–H and O–H groups in total. The Morgan fingerprint density at radius 1 is 0.524 bits per heavy atom. The van der Waals surface area contributed by atoms with E-state index in [-0.39, 0.29) is 13.2 Å². The van der Waals surface area contributed by atoms with Crippen LogP contribution in [0, 0.1) is 0 Å². The molecule has 0 bridgehead atoms. The highest BCUT2D eigenvalue weighted by Crippen LogP contribution is 2.67. The molecule has 0 spiro atoms. The van der Waals surface area contributed by atoms with Crippen LogP contribution >= 0.6 is 14.5 Å². The predicted octanol–water partition coefficient (Wildman–Crippen LogP) is 8.35. The van der Waals surface area contributed by atoms with Crippen molar-refractivity contribution < 1.29 is 13.6 Å². The molecule has 3 nitrogen and oxygen atoms in total. The zero-order valence-electron chi connectivity index (χ0n) is 23.9. The first-order valence-electron chi connectivity index (χ1n) is 14.4. The third-order valence-corrected chi connectivity index (χ3v) is 15.3. The summed E-state index contributed by atoms with van der Waals surface area (Å²) in [6.45, 7) is 1.48. The third-order valence-electron chi connectivity index (χ3n) is 7.60. The fourth-order valence-electron chi connectivity index (χ4n) is 6.08. The van der Waals surface area contributed by atoms with Crippen LogP contribution in [0.4, 0.5) is 0 Å². The maximum Gasteiger partial charge on any atom is 0.363 e. The molecular weight excluding hydrogens is 554 g/mol. The second-order valence-electron chi connectivity index (χ2n) is 10.00. The number of allylic oxidation sites excluding steroid dienone is 1. The summed E-state index contributed by atoms with van der Waals surface area (Å²) in [5.41, 5.74) is 5.13. The molecule has 1 aliphatic heterocycles. The lowest BCUT2D eigenvalue weighted by Gasteiger charge is -2.41. The molecule has 6 rings (SSSR count). The molecule has 0 radical (unpaired) electrons. The van der Waals surface area contributed by atoms with Gasteiger partial charge in [0.2, 0.25) is 0 Å². The van der Waals surface area contributed by atoms with Crippen molar-refractivity contribution in [2.24, 2.45) is 0 Å². The van der Waals surface area contributed by atoms with Gasteiger partial charge in [-0.25, -0.2) is 0 Å². The molecule has 0 unspecified atom stereocenters. The Labute approximate surface area is 249 Å². The van der Waals surface area contributed by atoms with E-state index in [1.165, 1.54) is 0 Å². The largest absolute Gasteiger partial charge is 0.363 e. The predicted molar refractivity (Wildman–Crippen MR) is 180 cm³/mol. The van der Waals surface area contributed by atoms with Crippen LogP contribution < -0.4 is 15.9 Å². The first-order chi connectivity index (χ1) is 20.6.